The van der Waals surface area contributed by atoms with Crippen molar-refractivity contribution in [1.82, 2.24) is 0 Å². The lowest BCUT2D eigenvalue weighted by Crippen LogP contribution is -2.20. The summed E-state index contributed by atoms with van der Waals surface area (Å²) in [6.07, 6.45) is 0. The number of nitrogens with two attached hydrogens (primary N) is 1. The number of hydrogen-bond acceptors (Lipinski definition) is 3. The van der Waals surface area contributed by atoms with Crippen molar-refractivity contribution in [2.45, 2.75) is 6.04 Å². The predicted octanol–water partition coefficient (Wildman–Crippen LogP) is 3.16. The van der Waals surface area contributed by atoms with E-state index in [1.54, 1.807) is 0 Å². The number of benzene rings is 2. The van der Waals surface area contributed by atoms with Gasteiger partial charge in [-0.3, -0.25) is 0 Å². The van der Waals surface area contributed by atoms with Gasteiger partial charge in [0.05, 0.1) is 6.04 Å². The van der Waals surface area contributed by atoms with Crippen molar-refractivity contribution in [3.8, 4) is 11.5 Å². The molecule has 0 fully saturated rings. The van der Waals surface area contributed by atoms with Crippen LogP contribution in [0, 0.1) is 0 Å². The Morgan fingerprint density at radius 1 is 0.947 bits per heavy atom. The van der Waals surface area contributed by atoms with Gasteiger partial charge in [0.1, 0.15) is 13.2 Å². The van der Waals surface area contributed by atoms with Gasteiger partial charge in [-0.05, 0) is 17.7 Å². The largest absolute Gasteiger partial charge is 0.486 e. The zero-order chi connectivity index (χ0) is 13.2. The molecule has 0 amide bonds. The van der Waals surface area contributed by atoms with Gasteiger partial charge in [0.15, 0.2) is 11.5 Å². The predicted molar refractivity (Wildman–Crippen MR) is 74.9 cm³/mol. The van der Waals surface area contributed by atoms with Gasteiger partial charge in [-0.15, -0.1) is 0 Å². The van der Waals surface area contributed by atoms with Crippen molar-refractivity contribution < 1.29 is 9.47 Å². The number of halogens is 1. The molecule has 0 spiro atoms. The van der Waals surface area contributed by atoms with Crippen LogP contribution in [0.5, 0.6) is 11.5 Å². The molecule has 19 heavy (non-hydrogen) atoms. The molecule has 3 nitrogen and oxygen atoms in total. The summed E-state index contributed by atoms with van der Waals surface area (Å²) in [4.78, 5) is 0. The highest BCUT2D eigenvalue weighted by atomic mass is 35.5. The maximum absolute atomic E-state index is 6.32. The third kappa shape index (κ3) is 2.27. The van der Waals surface area contributed by atoms with Crippen LogP contribution in [0.2, 0.25) is 5.02 Å². The molecule has 4 heteroatoms. The van der Waals surface area contributed by atoms with Crippen molar-refractivity contribution in [2.24, 2.45) is 5.73 Å². The Bertz CT molecular complexity index is 600. The van der Waals surface area contributed by atoms with Gasteiger partial charge >= 0.3 is 0 Å². The number of ether oxygens (including phenoxy) is 2. The summed E-state index contributed by atoms with van der Waals surface area (Å²) >= 11 is 6.20. The molecule has 0 aliphatic carbocycles. The molecule has 0 saturated carbocycles. The molecule has 1 atom stereocenters. The van der Waals surface area contributed by atoms with E-state index < -0.39 is 0 Å². The van der Waals surface area contributed by atoms with Crippen LogP contribution >= 0.6 is 11.6 Å². The first-order valence-corrected chi connectivity index (χ1v) is 6.53. The topological polar surface area (TPSA) is 44.5 Å². The second-order valence-corrected chi connectivity index (χ2v) is 4.78. The summed E-state index contributed by atoms with van der Waals surface area (Å²) in [5.74, 6) is 1.47. The molecule has 1 heterocycles. The van der Waals surface area contributed by atoms with Crippen LogP contribution in [0.3, 0.4) is 0 Å². The van der Waals surface area contributed by atoms with Gasteiger partial charge in [0.2, 0.25) is 0 Å². The molecule has 1 aliphatic heterocycles. The van der Waals surface area contributed by atoms with Gasteiger partial charge in [-0.1, -0.05) is 41.9 Å². The van der Waals surface area contributed by atoms with Crippen LogP contribution < -0.4 is 15.2 Å². The maximum Gasteiger partial charge on any atom is 0.166 e. The summed E-state index contributed by atoms with van der Waals surface area (Å²) in [6.45, 7) is 1.11. The van der Waals surface area contributed by atoms with Crippen LogP contribution in [0.1, 0.15) is 17.2 Å². The smallest absolute Gasteiger partial charge is 0.166 e. The molecule has 0 bridgehead atoms. The van der Waals surface area contributed by atoms with Crippen LogP contribution in [-0.4, -0.2) is 13.2 Å². The fourth-order valence-electron chi connectivity index (χ4n) is 2.24. The fraction of sp³-hybridized carbons (Fsp3) is 0.200. The first-order valence-electron chi connectivity index (χ1n) is 6.16. The number of fused-ring (bicyclic) bond motifs is 1. The SMILES string of the molecule is NC(c1ccccc1Cl)c1cccc2c1OCCO2. The minimum absolute atomic E-state index is 0.328. The van der Waals surface area contributed by atoms with Gasteiger partial charge in [-0.2, -0.15) is 0 Å². The second-order valence-electron chi connectivity index (χ2n) is 4.37. The molecule has 1 aliphatic rings. The van der Waals surface area contributed by atoms with Gasteiger partial charge in [-0.25, -0.2) is 0 Å². The van der Waals surface area contributed by atoms with Crippen LogP contribution in [0.4, 0.5) is 0 Å². The third-order valence-corrected chi connectivity index (χ3v) is 3.52. The Hall–Kier alpha value is -1.71. The van der Waals surface area contributed by atoms with E-state index in [0.717, 1.165) is 22.6 Å². The van der Waals surface area contributed by atoms with E-state index in [1.165, 1.54) is 0 Å². The lowest BCUT2D eigenvalue weighted by molar-refractivity contribution is 0.169. The monoisotopic (exact) mass is 275 g/mol. The zero-order valence-corrected chi connectivity index (χ0v) is 11.1. The summed E-state index contributed by atoms with van der Waals surface area (Å²) in [5.41, 5.74) is 8.10. The molecule has 0 radical (unpaired) electrons. The van der Waals surface area contributed by atoms with Crippen molar-refractivity contribution in [3.05, 3.63) is 58.6 Å². The summed E-state index contributed by atoms with van der Waals surface area (Å²) in [7, 11) is 0. The highest BCUT2D eigenvalue weighted by Crippen LogP contribution is 2.39. The standard InChI is InChI=1S/C15H14ClNO2/c16-12-6-2-1-4-10(12)14(17)11-5-3-7-13-15(11)19-9-8-18-13/h1-7,14H,8-9,17H2. The van der Waals surface area contributed by atoms with E-state index in [9.17, 15) is 0 Å². The minimum atomic E-state index is -0.328. The maximum atomic E-state index is 6.32. The number of rotatable bonds is 2. The zero-order valence-electron chi connectivity index (χ0n) is 10.3. The van der Waals surface area contributed by atoms with Crippen molar-refractivity contribution in [3.63, 3.8) is 0 Å². The van der Waals surface area contributed by atoms with Gasteiger partial charge < -0.3 is 15.2 Å². The molecular weight excluding hydrogens is 262 g/mol. The summed E-state index contributed by atoms with van der Waals surface area (Å²) in [5, 5.41) is 0.657. The van der Waals surface area contributed by atoms with Crippen molar-refractivity contribution >= 4 is 11.6 Å². The Kier molecular flexibility index (Phi) is 3.32. The van der Waals surface area contributed by atoms with E-state index in [1.807, 2.05) is 42.5 Å². The van der Waals surface area contributed by atoms with E-state index in [2.05, 4.69) is 0 Å². The lowest BCUT2D eigenvalue weighted by atomic mass is 9.98. The van der Waals surface area contributed by atoms with Gasteiger partial charge in [0, 0.05) is 10.6 Å². The van der Waals surface area contributed by atoms with Crippen LogP contribution in [0.25, 0.3) is 0 Å². The van der Waals surface area contributed by atoms with Crippen molar-refractivity contribution in [1.29, 1.82) is 0 Å². The van der Waals surface area contributed by atoms with E-state index in [-0.39, 0.29) is 6.04 Å². The first-order chi connectivity index (χ1) is 9.27. The molecule has 1 unspecified atom stereocenters. The Morgan fingerprint density at radius 2 is 1.68 bits per heavy atom. The average molecular weight is 276 g/mol. The highest BCUT2D eigenvalue weighted by Gasteiger charge is 2.21. The molecule has 2 aromatic carbocycles. The molecule has 2 N–H and O–H groups in total. The van der Waals surface area contributed by atoms with Crippen molar-refractivity contribution in [2.75, 3.05) is 13.2 Å². The highest BCUT2D eigenvalue weighted by molar-refractivity contribution is 6.31. The van der Waals surface area contributed by atoms with Crippen LogP contribution in [-0.2, 0) is 0 Å². The molecule has 2 aromatic rings. The number of para-hydroxylation sites is 1. The van der Waals surface area contributed by atoms with Gasteiger partial charge in [0.25, 0.3) is 0 Å². The lowest BCUT2D eigenvalue weighted by Gasteiger charge is -2.24. The Labute approximate surface area is 116 Å². The molecule has 98 valence electrons. The first kappa shape index (κ1) is 12.3. The Morgan fingerprint density at radius 3 is 2.53 bits per heavy atom. The number of hydrogen-bond donors (Lipinski definition) is 1. The molecule has 0 saturated heterocycles. The summed E-state index contributed by atoms with van der Waals surface area (Å²) in [6, 6.07) is 13.0. The average Bonchev–Trinajstić information content (AvgIpc) is 2.46. The molecule has 0 aromatic heterocycles. The Balaban J connectivity index is 2.05. The second kappa shape index (κ2) is 5.11. The normalized spacial score (nSPS) is 15.1. The molecular formula is C15H14ClNO2. The molecule has 3 rings (SSSR count). The van der Waals surface area contributed by atoms with E-state index >= 15 is 0 Å². The third-order valence-electron chi connectivity index (χ3n) is 3.17. The quantitative estimate of drug-likeness (QED) is 0.916. The summed E-state index contributed by atoms with van der Waals surface area (Å²) < 4.78 is 11.3. The van der Waals surface area contributed by atoms with E-state index in [4.69, 9.17) is 26.8 Å². The van der Waals surface area contributed by atoms with Crippen LogP contribution in [0.15, 0.2) is 42.5 Å². The fourth-order valence-corrected chi connectivity index (χ4v) is 2.49. The van der Waals surface area contributed by atoms with E-state index in [0.29, 0.717) is 18.2 Å². The minimum Gasteiger partial charge on any atom is -0.486 e.